The Morgan fingerprint density at radius 1 is 1.16 bits per heavy atom. The minimum atomic E-state index is 0.440. The Kier molecular flexibility index (Phi) is 6.60. The quantitative estimate of drug-likeness (QED) is 0.749. The Labute approximate surface area is 117 Å². The smallest absolute Gasteiger partial charge is 0.224 e. The van der Waals surface area contributed by atoms with Crippen molar-refractivity contribution in [2.45, 2.75) is 59.9 Å². The predicted molar refractivity (Wildman–Crippen MR) is 82.7 cm³/mol. The molecule has 0 spiro atoms. The second kappa shape index (κ2) is 7.97. The lowest BCUT2D eigenvalue weighted by atomic mass is 10.0. The van der Waals surface area contributed by atoms with Gasteiger partial charge in [0, 0.05) is 24.3 Å². The molecular weight excluding hydrogens is 236 g/mol. The number of nitrogens with one attached hydrogen (secondary N) is 2. The van der Waals surface area contributed by atoms with Crippen LogP contribution in [-0.4, -0.2) is 22.6 Å². The van der Waals surface area contributed by atoms with E-state index in [1.165, 1.54) is 12.8 Å². The summed E-state index contributed by atoms with van der Waals surface area (Å²) in [4.78, 5) is 8.90. The summed E-state index contributed by atoms with van der Waals surface area (Å²) in [6, 6.07) is 2.44. The summed E-state index contributed by atoms with van der Waals surface area (Å²) >= 11 is 0. The maximum atomic E-state index is 4.50. The van der Waals surface area contributed by atoms with Crippen molar-refractivity contribution in [3.8, 4) is 0 Å². The number of aryl methyl sites for hydroxylation is 1. The van der Waals surface area contributed by atoms with Crippen molar-refractivity contribution in [2.75, 3.05) is 17.2 Å². The molecule has 0 amide bonds. The molecule has 0 aliphatic heterocycles. The summed E-state index contributed by atoms with van der Waals surface area (Å²) < 4.78 is 0. The van der Waals surface area contributed by atoms with Crippen molar-refractivity contribution in [1.82, 2.24) is 9.97 Å². The van der Waals surface area contributed by atoms with Crippen molar-refractivity contribution in [3.63, 3.8) is 0 Å². The molecule has 4 nitrogen and oxygen atoms in total. The molecule has 1 aromatic rings. The van der Waals surface area contributed by atoms with Gasteiger partial charge in [0.2, 0.25) is 5.95 Å². The molecule has 1 atom stereocenters. The minimum Gasteiger partial charge on any atom is -0.367 e. The molecule has 0 bridgehead atoms. The van der Waals surface area contributed by atoms with E-state index in [1.54, 1.807) is 0 Å². The molecule has 0 saturated heterocycles. The summed E-state index contributed by atoms with van der Waals surface area (Å²) in [5, 5.41) is 6.70. The van der Waals surface area contributed by atoms with E-state index in [-0.39, 0.29) is 0 Å². The normalized spacial score (nSPS) is 12.5. The molecule has 0 aromatic carbocycles. The average molecular weight is 264 g/mol. The standard InChI is InChI=1S/C15H28N4/c1-6-9-16-15-18-13(5)10-14(19-15)17-12(4)8-7-11(2)3/h10-12H,6-9H2,1-5H3,(H2,16,17,18,19). The molecule has 2 N–H and O–H groups in total. The topological polar surface area (TPSA) is 49.8 Å². The van der Waals surface area contributed by atoms with E-state index < -0.39 is 0 Å². The lowest BCUT2D eigenvalue weighted by molar-refractivity contribution is 0.527. The Morgan fingerprint density at radius 3 is 2.53 bits per heavy atom. The first-order chi connectivity index (χ1) is 9.01. The fourth-order valence-corrected chi connectivity index (χ4v) is 1.87. The van der Waals surface area contributed by atoms with E-state index in [4.69, 9.17) is 0 Å². The van der Waals surface area contributed by atoms with Gasteiger partial charge in [-0.15, -0.1) is 0 Å². The molecule has 1 unspecified atom stereocenters. The van der Waals surface area contributed by atoms with E-state index in [1.807, 2.05) is 13.0 Å². The van der Waals surface area contributed by atoms with Crippen molar-refractivity contribution in [3.05, 3.63) is 11.8 Å². The number of nitrogens with zero attached hydrogens (tertiary/aromatic N) is 2. The van der Waals surface area contributed by atoms with E-state index in [9.17, 15) is 0 Å². The van der Waals surface area contributed by atoms with Gasteiger partial charge in [-0.25, -0.2) is 4.98 Å². The van der Waals surface area contributed by atoms with Crippen molar-refractivity contribution in [1.29, 1.82) is 0 Å². The first-order valence-corrected chi connectivity index (χ1v) is 7.37. The SMILES string of the molecule is CCCNc1nc(C)cc(NC(C)CCC(C)C)n1. The van der Waals surface area contributed by atoms with Gasteiger partial charge in [-0.1, -0.05) is 20.8 Å². The van der Waals surface area contributed by atoms with Crippen LogP contribution < -0.4 is 10.6 Å². The zero-order valence-corrected chi connectivity index (χ0v) is 13.0. The van der Waals surface area contributed by atoms with Crippen LogP contribution in [0.25, 0.3) is 0 Å². The summed E-state index contributed by atoms with van der Waals surface area (Å²) in [6.45, 7) is 11.8. The van der Waals surface area contributed by atoms with Crippen LogP contribution in [0, 0.1) is 12.8 Å². The fourth-order valence-electron chi connectivity index (χ4n) is 1.87. The van der Waals surface area contributed by atoms with E-state index in [0.29, 0.717) is 6.04 Å². The Morgan fingerprint density at radius 2 is 1.89 bits per heavy atom. The molecule has 0 aliphatic carbocycles. The summed E-state index contributed by atoms with van der Waals surface area (Å²) in [5.41, 5.74) is 0.993. The number of aromatic nitrogens is 2. The molecule has 0 fully saturated rings. The minimum absolute atomic E-state index is 0.440. The van der Waals surface area contributed by atoms with Gasteiger partial charge in [-0.2, -0.15) is 4.98 Å². The Bertz CT molecular complexity index is 376. The molecule has 4 heteroatoms. The maximum absolute atomic E-state index is 4.50. The summed E-state index contributed by atoms with van der Waals surface area (Å²) in [5.74, 6) is 2.39. The van der Waals surface area contributed by atoms with Crippen LogP contribution >= 0.6 is 0 Å². The van der Waals surface area contributed by atoms with Crippen molar-refractivity contribution in [2.24, 2.45) is 5.92 Å². The summed E-state index contributed by atoms with van der Waals surface area (Å²) in [6.07, 6.45) is 3.47. The van der Waals surface area contributed by atoms with Gasteiger partial charge in [0.1, 0.15) is 5.82 Å². The molecule has 1 rings (SSSR count). The van der Waals surface area contributed by atoms with E-state index in [0.717, 1.165) is 36.3 Å². The largest absolute Gasteiger partial charge is 0.367 e. The van der Waals surface area contributed by atoms with Crippen LogP contribution in [0.2, 0.25) is 0 Å². The van der Waals surface area contributed by atoms with Crippen LogP contribution in [0.4, 0.5) is 11.8 Å². The van der Waals surface area contributed by atoms with Gasteiger partial charge in [-0.05, 0) is 39.0 Å². The first kappa shape index (κ1) is 15.7. The second-order valence-electron chi connectivity index (χ2n) is 5.66. The van der Waals surface area contributed by atoms with Crippen LogP contribution in [0.15, 0.2) is 6.07 Å². The average Bonchev–Trinajstić information content (AvgIpc) is 2.33. The Balaban J connectivity index is 2.59. The third kappa shape index (κ3) is 6.41. The molecule has 1 aromatic heterocycles. The third-order valence-corrected chi connectivity index (χ3v) is 2.96. The number of hydrogen-bond donors (Lipinski definition) is 2. The lowest BCUT2D eigenvalue weighted by Gasteiger charge is -2.16. The van der Waals surface area contributed by atoms with Gasteiger partial charge in [0.15, 0.2) is 0 Å². The molecule has 0 aliphatic rings. The second-order valence-corrected chi connectivity index (χ2v) is 5.66. The van der Waals surface area contributed by atoms with Crippen LogP contribution in [0.5, 0.6) is 0 Å². The van der Waals surface area contributed by atoms with Gasteiger partial charge >= 0.3 is 0 Å². The van der Waals surface area contributed by atoms with Gasteiger partial charge in [-0.3, -0.25) is 0 Å². The highest BCUT2D eigenvalue weighted by molar-refractivity contribution is 5.42. The molecular formula is C15H28N4. The maximum Gasteiger partial charge on any atom is 0.224 e. The molecule has 0 radical (unpaired) electrons. The van der Waals surface area contributed by atoms with Crippen LogP contribution in [0.1, 0.15) is 52.7 Å². The third-order valence-electron chi connectivity index (χ3n) is 2.96. The molecule has 19 heavy (non-hydrogen) atoms. The number of hydrogen-bond acceptors (Lipinski definition) is 4. The van der Waals surface area contributed by atoms with Crippen molar-refractivity contribution < 1.29 is 0 Å². The van der Waals surface area contributed by atoms with Crippen LogP contribution in [0.3, 0.4) is 0 Å². The monoisotopic (exact) mass is 264 g/mol. The number of rotatable bonds is 8. The zero-order chi connectivity index (χ0) is 14.3. The zero-order valence-electron chi connectivity index (χ0n) is 13.0. The van der Waals surface area contributed by atoms with E-state index in [2.05, 4.69) is 48.3 Å². The van der Waals surface area contributed by atoms with Crippen molar-refractivity contribution >= 4 is 11.8 Å². The molecule has 1 heterocycles. The predicted octanol–water partition coefficient (Wildman–Crippen LogP) is 3.84. The Hall–Kier alpha value is -1.32. The number of anilines is 2. The van der Waals surface area contributed by atoms with Gasteiger partial charge < -0.3 is 10.6 Å². The highest BCUT2D eigenvalue weighted by Crippen LogP contribution is 2.14. The fraction of sp³-hybridized carbons (Fsp3) is 0.733. The van der Waals surface area contributed by atoms with Crippen LogP contribution in [-0.2, 0) is 0 Å². The van der Waals surface area contributed by atoms with E-state index >= 15 is 0 Å². The molecule has 108 valence electrons. The van der Waals surface area contributed by atoms with Gasteiger partial charge in [0.05, 0.1) is 0 Å². The highest BCUT2D eigenvalue weighted by Gasteiger charge is 2.07. The summed E-state index contributed by atoms with van der Waals surface area (Å²) in [7, 11) is 0. The molecule has 0 saturated carbocycles. The first-order valence-electron chi connectivity index (χ1n) is 7.37. The lowest BCUT2D eigenvalue weighted by Crippen LogP contribution is -2.17. The highest BCUT2D eigenvalue weighted by atomic mass is 15.1. The van der Waals surface area contributed by atoms with Gasteiger partial charge in [0.25, 0.3) is 0 Å².